The summed E-state index contributed by atoms with van der Waals surface area (Å²) in [5.41, 5.74) is 0. The Hall–Kier alpha value is -0.840. The van der Waals surface area contributed by atoms with Crippen LogP contribution in [-0.4, -0.2) is 68.6 Å². The number of hydrogen-bond acceptors (Lipinski definition) is 5. The van der Waals surface area contributed by atoms with Gasteiger partial charge in [-0.05, 0) is 22.6 Å². The summed E-state index contributed by atoms with van der Waals surface area (Å²) in [6, 6.07) is 7.42. The maximum absolute atomic E-state index is 10.4. The van der Waals surface area contributed by atoms with Crippen LogP contribution in [0.5, 0.6) is 0 Å². The van der Waals surface area contributed by atoms with E-state index in [1.54, 1.807) is 18.2 Å². The zero-order valence-electron chi connectivity index (χ0n) is 7.98. The Labute approximate surface area is 120 Å². The second-order valence-corrected chi connectivity index (χ2v) is 3.77. The molecule has 0 fully saturated rings. The summed E-state index contributed by atoms with van der Waals surface area (Å²) in [5.74, 6) is 0. The molecule has 0 saturated carbocycles. The van der Waals surface area contributed by atoms with E-state index in [1.807, 2.05) is 0 Å². The molecule has 1 aromatic carbocycles. The molecule has 17 heavy (non-hydrogen) atoms. The minimum absolute atomic E-state index is 0. The van der Waals surface area contributed by atoms with E-state index in [0.717, 1.165) is 0 Å². The molecule has 0 unspecified atom stereocenters. The molecule has 2 rings (SSSR count). The van der Waals surface area contributed by atoms with Crippen molar-refractivity contribution in [2.75, 3.05) is 0 Å². The molecule has 0 aliphatic heterocycles. The van der Waals surface area contributed by atoms with E-state index in [2.05, 4.69) is 20.6 Å². The number of rotatable bonds is 1. The third kappa shape index (κ3) is 7.96. The molecule has 0 spiro atoms. The number of aromatic amines is 1. The number of tetrazole rings is 1. The third-order valence-corrected chi connectivity index (χ3v) is 2.18. The Balaban J connectivity index is 0. The zero-order chi connectivity index (χ0) is 11.1. The second kappa shape index (κ2) is 9.22. The molecule has 90 valence electrons. The Morgan fingerprint density at radius 3 is 2.00 bits per heavy atom. The number of hydrogen-bond donors (Lipinski definition) is 2. The van der Waals surface area contributed by atoms with Crippen LogP contribution in [0.2, 0.25) is 0 Å². The summed E-state index contributed by atoms with van der Waals surface area (Å²) >= 11 is 0. The predicted molar refractivity (Wildman–Crippen MR) is 61.2 cm³/mol. The van der Waals surface area contributed by atoms with E-state index >= 15 is 0 Å². The van der Waals surface area contributed by atoms with Crippen molar-refractivity contribution in [3.63, 3.8) is 0 Å². The van der Waals surface area contributed by atoms with Gasteiger partial charge in [0.05, 0.1) is 4.90 Å². The number of nitrogens with one attached hydrogen (secondary N) is 1. The van der Waals surface area contributed by atoms with Crippen molar-refractivity contribution in [1.82, 2.24) is 20.6 Å². The topological polar surface area (TPSA) is 140 Å². The Morgan fingerprint density at radius 2 is 1.76 bits per heavy atom. The van der Waals surface area contributed by atoms with Gasteiger partial charge in [-0.1, -0.05) is 18.2 Å². The van der Waals surface area contributed by atoms with E-state index in [4.69, 9.17) is 4.55 Å². The van der Waals surface area contributed by atoms with Crippen molar-refractivity contribution >= 4 is 39.7 Å². The molecule has 0 amide bonds. The van der Waals surface area contributed by atoms with Crippen molar-refractivity contribution in [2.24, 2.45) is 0 Å². The first-order chi connectivity index (χ1) is 7.11. The molecule has 0 atom stereocenters. The maximum Gasteiger partial charge on any atom is 0.135 e. The van der Waals surface area contributed by atoms with Crippen LogP contribution in [0.25, 0.3) is 0 Å². The molecule has 1 aromatic heterocycles. The summed E-state index contributed by atoms with van der Waals surface area (Å²) in [4.78, 5) is -0.0741. The monoisotopic (exact) mass is 270 g/mol. The van der Waals surface area contributed by atoms with Crippen molar-refractivity contribution in [3.05, 3.63) is 36.7 Å². The molecule has 8 nitrogen and oxygen atoms in total. The van der Waals surface area contributed by atoms with E-state index in [9.17, 15) is 8.42 Å². The molecule has 4 N–H and O–H groups in total. The smallest absolute Gasteiger partial charge is 0.135 e. The largest absolute Gasteiger partial charge is 0.246 e. The van der Waals surface area contributed by atoms with Gasteiger partial charge in [0.25, 0.3) is 10.1 Å². The van der Waals surface area contributed by atoms with Crippen molar-refractivity contribution in [3.8, 4) is 0 Å². The molecule has 0 saturated heterocycles. The summed E-state index contributed by atoms with van der Waals surface area (Å²) in [6.45, 7) is 0. The maximum atomic E-state index is 10.4. The predicted octanol–water partition coefficient (Wildman–Crippen LogP) is -1.34. The fourth-order valence-electron chi connectivity index (χ4n) is 0.722. The van der Waals surface area contributed by atoms with E-state index in [1.165, 1.54) is 18.5 Å². The zero-order valence-corrected chi connectivity index (χ0v) is 8.79. The first kappa shape index (κ1) is 18.5. The van der Waals surface area contributed by atoms with Gasteiger partial charge in [-0.25, -0.2) is 5.10 Å². The summed E-state index contributed by atoms with van der Waals surface area (Å²) < 4.78 is 29.2. The molecule has 0 bridgehead atoms. The molecule has 0 aliphatic rings. The molecular weight excluding hydrogens is 259 g/mol. The minimum Gasteiger partial charge on any atom is -0.246 e. The van der Waals surface area contributed by atoms with Crippen LogP contribution in [-0.2, 0) is 10.1 Å². The number of benzene rings is 1. The first-order valence-corrected chi connectivity index (χ1v) is 5.24. The van der Waals surface area contributed by atoms with Gasteiger partial charge < -0.3 is 5.48 Å². The van der Waals surface area contributed by atoms with Crippen molar-refractivity contribution < 1.29 is 18.4 Å². The number of H-pyrrole nitrogens is 1. The molecule has 0 aliphatic carbocycles. The number of aromatic nitrogens is 4. The number of nitrogens with zero attached hydrogens (tertiary/aromatic N) is 3. The van der Waals surface area contributed by atoms with E-state index < -0.39 is 10.1 Å². The second-order valence-electron chi connectivity index (χ2n) is 2.35. The molecule has 2 aromatic rings. The van der Waals surface area contributed by atoms with Crippen LogP contribution >= 0.6 is 0 Å². The van der Waals surface area contributed by atoms with Gasteiger partial charge in [0.2, 0.25) is 0 Å². The molecule has 0 radical (unpaired) electrons. The molecule has 10 heteroatoms. The van der Waals surface area contributed by atoms with E-state index in [0.29, 0.717) is 0 Å². The summed E-state index contributed by atoms with van der Waals surface area (Å²) in [5, 5.41) is 12.1. The molecular formula is C7H11N4NaO4S. The van der Waals surface area contributed by atoms with Gasteiger partial charge in [-0.3, -0.25) is 4.55 Å². The average Bonchev–Trinajstić information content (AvgIpc) is 2.76. The fourth-order valence-corrected chi connectivity index (χ4v) is 1.22. The fraction of sp³-hybridized carbons (Fsp3) is 0. The third-order valence-electron chi connectivity index (χ3n) is 1.31. The SMILES string of the molecule is O.O=S(=O)(O)c1ccccc1.[NaH].c1nnn[nH]1. The Kier molecular flexibility index (Phi) is 10.0. The van der Waals surface area contributed by atoms with E-state index in [-0.39, 0.29) is 39.9 Å². The standard InChI is InChI=1S/C6H6O3S.CH2N4.Na.H2O.H/c7-10(8,9)6-4-2-1-3-5-6;1-2-4-5-3-1;;;/h1-5H,(H,7,8,9);1H,(H,2,3,4,5);;1H2;. The van der Waals surface area contributed by atoms with Gasteiger partial charge in [-0.2, -0.15) is 8.42 Å². The quantitative estimate of drug-likeness (QED) is 0.485. The van der Waals surface area contributed by atoms with Crippen molar-refractivity contribution in [1.29, 1.82) is 0 Å². The first-order valence-electron chi connectivity index (χ1n) is 3.80. The van der Waals surface area contributed by atoms with Gasteiger partial charge in [0.1, 0.15) is 6.33 Å². The van der Waals surface area contributed by atoms with Crippen LogP contribution < -0.4 is 0 Å². The average molecular weight is 270 g/mol. The van der Waals surface area contributed by atoms with Crippen LogP contribution in [0.3, 0.4) is 0 Å². The summed E-state index contributed by atoms with van der Waals surface area (Å²) in [7, 11) is -4.00. The van der Waals surface area contributed by atoms with Gasteiger partial charge in [0, 0.05) is 0 Å². The normalized spacial score (nSPS) is 9.00. The summed E-state index contributed by atoms with van der Waals surface area (Å²) in [6.07, 6.45) is 1.40. The Morgan fingerprint density at radius 1 is 1.18 bits per heavy atom. The van der Waals surface area contributed by atoms with Gasteiger partial charge in [-0.15, -0.1) is 5.10 Å². The Bertz CT molecular complexity index is 459. The van der Waals surface area contributed by atoms with Gasteiger partial charge in [0.15, 0.2) is 0 Å². The van der Waals surface area contributed by atoms with Crippen LogP contribution in [0.1, 0.15) is 0 Å². The van der Waals surface area contributed by atoms with Crippen molar-refractivity contribution in [2.45, 2.75) is 4.90 Å². The van der Waals surface area contributed by atoms with Crippen LogP contribution in [0.15, 0.2) is 41.6 Å². The van der Waals surface area contributed by atoms with Crippen LogP contribution in [0, 0.1) is 0 Å². The minimum atomic E-state index is -4.00. The van der Waals surface area contributed by atoms with Gasteiger partial charge >= 0.3 is 29.6 Å². The van der Waals surface area contributed by atoms with Crippen LogP contribution in [0.4, 0.5) is 0 Å². The molecule has 1 heterocycles.